The number of aryl methyl sites for hydroxylation is 1. The van der Waals surface area contributed by atoms with Gasteiger partial charge in [0.15, 0.2) is 11.5 Å². The van der Waals surface area contributed by atoms with Gasteiger partial charge in [-0.2, -0.15) is 5.10 Å². The third-order valence-electron chi connectivity index (χ3n) is 6.34. The normalized spacial score (nSPS) is 10.9. The average Bonchev–Trinajstić information content (AvgIpc) is 3.01. The number of carbonyl (C=O) groups excluding carboxylic acids is 2. The van der Waals surface area contributed by atoms with Crippen LogP contribution in [0.4, 0.5) is 5.69 Å². The summed E-state index contributed by atoms with van der Waals surface area (Å²) in [7, 11) is 1.41. The van der Waals surface area contributed by atoms with E-state index in [1.54, 1.807) is 18.2 Å². The van der Waals surface area contributed by atoms with Crippen molar-refractivity contribution >= 4 is 34.7 Å². The molecule has 0 saturated heterocycles. The van der Waals surface area contributed by atoms with Gasteiger partial charge in [0.2, 0.25) is 0 Å². The lowest BCUT2D eigenvalue weighted by Crippen LogP contribution is -2.18. The SMILES string of the molecule is COc1cc(C=NNC(=O)c2cc(-c3ccccc3)nc3ccc(C)cc23)ccc1OC(=O)c1cccc([N+](=O)[O-])c1. The van der Waals surface area contributed by atoms with Crippen LogP contribution in [0, 0.1) is 17.0 Å². The minimum atomic E-state index is -0.777. The predicted octanol–water partition coefficient (Wildman–Crippen LogP) is 6.11. The van der Waals surface area contributed by atoms with Crippen LogP contribution in [-0.2, 0) is 0 Å². The number of fused-ring (bicyclic) bond motifs is 1. The summed E-state index contributed by atoms with van der Waals surface area (Å²) in [5.74, 6) is -0.842. The Morgan fingerprint density at radius 1 is 0.929 bits per heavy atom. The van der Waals surface area contributed by atoms with Crippen LogP contribution in [0.5, 0.6) is 11.5 Å². The fourth-order valence-electron chi connectivity index (χ4n) is 4.26. The van der Waals surface area contributed by atoms with E-state index in [4.69, 9.17) is 14.5 Å². The number of nitro benzene ring substituents is 1. The fourth-order valence-corrected chi connectivity index (χ4v) is 4.26. The Hall–Kier alpha value is -5.90. The first kappa shape index (κ1) is 27.7. The molecule has 0 fully saturated rings. The number of benzene rings is 4. The monoisotopic (exact) mass is 560 g/mol. The number of hydrogen-bond donors (Lipinski definition) is 1. The first-order chi connectivity index (χ1) is 20.3. The summed E-state index contributed by atoms with van der Waals surface area (Å²) < 4.78 is 10.8. The number of carbonyl (C=O) groups is 2. The first-order valence-corrected chi connectivity index (χ1v) is 12.8. The van der Waals surface area contributed by atoms with Crippen LogP contribution < -0.4 is 14.9 Å². The van der Waals surface area contributed by atoms with Gasteiger partial charge in [0, 0.05) is 23.1 Å². The van der Waals surface area contributed by atoms with Gasteiger partial charge in [-0.3, -0.25) is 14.9 Å². The molecule has 1 aromatic heterocycles. The van der Waals surface area contributed by atoms with Gasteiger partial charge >= 0.3 is 5.97 Å². The second-order valence-electron chi connectivity index (χ2n) is 9.25. The predicted molar refractivity (Wildman–Crippen MR) is 158 cm³/mol. The molecule has 1 amide bonds. The number of amides is 1. The van der Waals surface area contributed by atoms with Crippen molar-refractivity contribution in [3.05, 3.63) is 129 Å². The van der Waals surface area contributed by atoms with Crippen LogP contribution in [0.3, 0.4) is 0 Å². The summed E-state index contributed by atoms with van der Waals surface area (Å²) in [5, 5.41) is 15.8. The van der Waals surface area contributed by atoms with Crippen LogP contribution >= 0.6 is 0 Å². The molecular formula is C32H24N4O6. The van der Waals surface area contributed by atoms with Gasteiger partial charge in [0.25, 0.3) is 11.6 Å². The summed E-state index contributed by atoms with van der Waals surface area (Å²) in [4.78, 5) is 41.0. The van der Waals surface area contributed by atoms with E-state index < -0.39 is 16.8 Å². The highest BCUT2D eigenvalue weighted by Crippen LogP contribution is 2.29. The van der Waals surface area contributed by atoms with Gasteiger partial charge in [0.1, 0.15) is 0 Å². The molecule has 0 aliphatic heterocycles. The van der Waals surface area contributed by atoms with Gasteiger partial charge < -0.3 is 9.47 Å². The third kappa shape index (κ3) is 6.13. The van der Waals surface area contributed by atoms with E-state index in [1.165, 1.54) is 37.6 Å². The van der Waals surface area contributed by atoms with Crippen molar-refractivity contribution in [1.82, 2.24) is 10.4 Å². The summed E-state index contributed by atoms with van der Waals surface area (Å²) in [6.45, 7) is 1.95. The Morgan fingerprint density at radius 3 is 2.50 bits per heavy atom. The van der Waals surface area contributed by atoms with Crippen molar-refractivity contribution in [1.29, 1.82) is 0 Å². The molecule has 0 atom stereocenters. The summed E-state index contributed by atoms with van der Waals surface area (Å²) in [6.07, 6.45) is 1.43. The smallest absolute Gasteiger partial charge is 0.343 e. The second kappa shape index (κ2) is 12.1. The molecular weight excluding hydrogens is 536 g/mol. The van der Waals surface area contributed by atoms with Crippen LogP contribution in [0.15, 0.2) is 102 Å². The number of rotatable bonds is 8. The molecule has 1 heterocycles. The van der Waals surface area contributed by atoms with Crippen LogP contribution in [-0.4, -0.2) is 35.1 Å². The summed E-state index contributed by atoms with van der Waals surface area (Å²) in [5.41, 5.74) is 6.60. The second-order valence-corrected chi connectivity index (χ2v) is 9.25. The van der Waals surface area contributed by atoms with E-state index in [0.29, 0.717) is 27.7 Å². The molecule has 0 radical (unpaired) electrons. The number of nitro groups is 1. The minimum Gasteiger partial charge on any atom is -0.493 e. The van der Waals surface area contributed by atoms with Gasteiger partial charge in [-0.1, -0.05) is 48.0 Å². The molecule has 208 valence electrons. The number of nitrogens with one attached hydrogen (secondary N) is 1. The Kier molecular flexibility index (Phi) is 7.96. The molecule has 5 aromatic rings. The third-order valence-corrected chi connectivity index (χ3v) is 6.34. The van der Waals surface area contributed by atoms with Crippen molar-refractivity contribution in [3.8, 4) is 22.8 Å². The Labute approximate surface area is 240 Å². The van der Waals surface area contributed by atoms with Crippen molar-refractivity contribution in [2.75, 3.05) is 7.11 Å². The molecule has 0 aliphatic carbocycles. The number of methoxy groups -OCH3 is 1. The lowest BCUT2D eigenvalue weighted by Gasteiger charge is -2.10. The van der Waals surface area contributed by atoms with Crippen LogP contribution in [0.25, 0.3) is 22.2 Å². The van der Waals surface area contributed by atoms with E-state index >= 15 is 0 Å². The minimum absolute atomic E-state index is 0.0221. The Morgan fingerprint density at radius 2 is 1.74 bits per heavy atom. The molecule has 1 N–H and O–H groups in total. The highest BCUT2D eigenvalue weighted by atomic mass is 16.6. The number of hydrogen-bond acceptors (Lipinski definition) is 8. The quantitative estimate of drug-likeness (QED) is 0.0796. The molecule has 5 rings (SSSR count). The van der Waals surface area contributed by atoms with Crippen molar-refractivity contribution in [3.63, 3.8) is 0 Å². The van der Waals surface area contributed by atoms with Crippen molar-refractivity contribution < 1.29 is 24.0 Å². The largest absolute Gasteiger partial charge is 0.493 e. The molecule has 0 bridgehead atoms. The zero-order valence-corrected chi connectivity index (χ0v) is 22.6. The number of nitrogens with zero attached hydrogens (tertiary/aromatic N) is 3. The lowest BCUT2D eigenvalue weighted by atomic mass is 10.0. The Bertz CT molecular complexity index is 1850. The highest BCUT2D eigenvalue weighted by molar-refractivity contribution is 6.07. The molecule has 10 nitrogen and oxygen atoms in total. The van der Waals surface area contributed by atoms with E-state index in [2.05, 4.69) is 10.5 Å². The number of pyridine rings is 1. The standard InChI is InChI=1S/C32H24N4O6/c1-20-11-13-27-25(15-20)26(18-28(34-27)22-7-4-3-5-8-22)31(37)35-33-19-21-12-14-29(30(16-21)41-2)42-32(38)23-9-6-10-24(17-23)36(39)40/h3-19H,1-2H3,(H,35,37). The van der Waals surface area contributed by atoms with E-state index in [9.17, 15) is 19.7 Å². The zero-order chi connectivity index (χ0) is 29.6. The summed E-state index contributed by atoms with van der Waals surface area (Å²) in [6, 6.07) is 27.0. The first-order valence-electron chi connectivity index (χ1n) is 12.8. The fraction of sp³-hybridized carbons (Fsp3) is 0.0625. The lowest BCUT2D eigenvalue weighted by molar-refractivity contribution is -0.384. The molecule has 0 saturated carbocycles. The molecule has 0 aliphatic rings. The maximum absolute atomic E-state index is 13.3. The number of aromatic nitrogens is 1. The summed E-state index contributed by atoms with van der Waals surface area (Å²) >= 11 is 0. The molecule has 0 unspecified atom stereocenters. The van der Waals surface area contributed by atoms with E-state index in [0.717, 1.165) is 17.2 Å². The van der Waals surface area contributed by atoms with Crippen molar-refractivity contribution in [2.45, 2.75) is 6.92 Å². The van der Waals surface area contributed by atoms with Gasteiger partial charge in [-0.15, -0.1) is 0 Å². The van der Waals surface area contributed by atoms with E-state index in [-0.39, 0.29) is 22.7 Å². The van der Waals surface area contributed by atoms with E-state index in [1.807, 2.05) is 55.5 Å². The Balaban J connectivity index is 1.34. The maximum Gasteiger partial charge on any atom is 0.343 e. The zero-order valence-electron chi connectivity index (χ0n) is 22.6. The van der Waals surface area contributed by atoms with Crippen LogP contribution in [0.2, 0.25) is 0 Å². The molecule has 4 aromatic carbocycles. The number of esters is 1. The molecule has 10 heteroatoms. The highest BCUT2D eigenvalue weighted by Gasteiger charge is 2.17. The maximum atomic E-state index is 13.3. The van der Waals surface area contributed by atoms with Crippen LogP contribution in [0.1, 0.15) is 31.8 Å². The number of hydrazone groups is 1. The van der Waals surface area contributed by atoms with Gasteiger partial charge in [-0.05, 0) is 55.0 Å². The molecule has 0 spiro atoms. The van der Waals surface area contributed by atoms with Crippen molar-refractivity contribution in [2.24, 2.45) is 5.10 Å². The topological polar surface area (TPSA) is 133 Å². The number of non-ortho nitro benzene ring substituents is 1. The molecule has 42 heavy (non-hydrogen) atoms. The number of ether oxygens (including phenoxy) is 2. The van der Waals surface area contributed by atoms with Gasteiger partial charge in [0.05, 0.1) is 40.6 Å². The average molecular weight is 561 g/mol. The van der Waals surface area contributed by atoms with Gasteiger partial charge in [-0.25, -0.2) is 15.2 Å².